The van der Waals surface area contributed by atoms with Crippen LogP contribution in [0.1, 0.15) is 25.7 Å². The van der Waals surface area contributed by atoms with Crippen molar-refractivity contribution in [3.63, 3.8) is 0 Å². The van der Waals surface area contributed by atoms with Gasteiger partial charge in [-0.3, -0.25) is 0 Å². The van der Waals surface area contributed by atoms with Crippen LogP contribution in [0.15, 0.2) is 4.99 Å². The fourth-order valence-corrected chi connectivity index (χ4v) is 1.90. The molecule has 1 saturated carbocycles. The van der Waals surface area contributed by atoms with Crippen LogP contribution >= 0.6 is 0 Å². The second-order valence-electron chi connectivity index (χ2n) is 2.96. The third-order valence-corrected chi connectivity index (χ3v) is 2.45. The Hall–Kier alpha value is -0.431. The third-order valence-electron chi connectivity index (χ3n) is 2.23. The summed E-state index contributed by atoms with van der Waals surface area (Å²) in [4.78, 5) is 14.4. The molecule has 1 fully saturated rings. The third kappa shape index (κ3) is 2.56. The fourth-order valence-electron chi connectivity index (χ4n) is 1.62. The molecule has 1 aliphatic rings. The van der Waals surface area contributed by atoms with Gasteiger partial charge in [0.25, 0.3) is 0 Å². The molecule has 2 atom stereocenters. The number of hydrogen-bond donors (Lipinski definition) is 1. The van der Waals surface area contributed by atoms with E-state index in [1.165, 1.54) is 12.8 Å². The van der Waals surface area contributed by atoms with Crippen LogP contribution in [-0.2, 0) is 4.79 Å². The Morgan fingerprint density at radius 2 is 2.25 bits per heavy atom. The van der Waals surface area contributed by atoms with Crippen molar-refractivity contribution in [3.05, 3.63) is 0 Å². The average Bonchev–Trinajstić information content (AvgIpc) is 2.09. The van der Waals surface area contributed by atoms with Gasteiger partial charge >= 0.3 is 79.6 Å². The van der Waals surface area contributed by atoms with Gasteiger partial charge in [0.1, 0.15) is 0 Å². The quantitative estimate of drug-likeness (QED) is 0.418. The first-order valence-corrected chi connectivity index (χ1v) is 5.01. The van der Waals surface area contributed by atoms with Gasteiger partial charge < -0.3 is 0 Å². The fraction of sp³-hybridized carbons (Fsp3) is 0.750. The van der Waals surface area contributed by atoms with Gasteiger partial charge in [-0.25, -0.2) is 0 Å². The summed E-state index contributed by atoms with van der Waals surface area (Å²) in [6.07, 6.45) is 5.24. The molecule has 3 nitrogen and oxygen atoms in total. The molecule has 0 aliphatic heterocycles. The van der Waals surface area contributed by atoms with Crippen LogP contribution in [0.2, 0.25) is 0 Å². The summed E-state index contributed by atoms with van der Waals surface area (Å²) >= 11 is 2.62. The van der Waals surface area contributed by atoms with Gasteiger partial charge in [-0.15, -0.1) is 0 Å². The van der Waals surface area contributed by atoms with Crippen molar-refractivity contribution in [2.75, 3.05) is 0 Å². The van der Waals surface area contributed by atoms with E-state index in [0.717, 1.165) is 19.3 Å². The first kappa shape index (κ1) is 9.66. The molecule has 0 aromatic heterocycles. The molecule has 0 radical (unpaired) electrons. The number of nitrogens with one attached hydrogen (secondary N) is 1. The van der Waals surface area contributed by atoms with Crippen molar-refractivity contribution in [2.45, 2.75) is 37.8 Å². The minimum atomic E-state index is 0.220. The second-order valence-corrected chi connectivity index (χ2v) is 3.35. The molecule has 4 heteroatoms. The number of nitrogens with zero attached hydrogens (tertiary/aromatic N) is 1. The summed E-state index contributed by atoms with van der Waals surface area (Å²) in [5.41, 5.74) is 0. The van der Waals surface area contributed by atoms with E-state index in [4.69, 9.17) is 0 Å². The number of hydrogen-bond acceptors (Lipinski definition) is 2. The van der Waals surface area contributed by atoms with Crippen molar-refractivity contribution in [2.24, 2.45) is 4.99 Å². The molecule has 0 aromatic rings. The van der Waals surface area contributed by atoms with Crippen molar-refractivity contribution in [1.82, 2.24) is 5.32 Å². The summed E-state index contributed by atoms with van der Waals surface area (Å²) in [6.45, 7) is 0. The van der Waals surface area contributed by atoms with Crippen LogP contribution in [0.25, 0.3) is 0 Å². The van der Waals surface area contributed by atoms with Gasteiger partial charge in [-0.05, 0) is 0 Å². The molecule has 12 heavy (non-hydrogen) atoms. The number of amides is 1. The Morgan fingerprint density at radius 1 is 1.50 bits per heavy atom. The van der Waals surface area contributed by atoms with E-state index in [1.54, 1.807) is 0 Å². The monoisotopic (exact) mass is 232 g/mol. The van der Waals surface area contributed by atoms with Crippen molar-refractivity contribution in [1.29, 1.82) is 0 Å². The molecule has 1 amide bonds. The zero-order chi connectivity index (χ0) is 8.81. The maximum absolute atomic E-state index is 10.2. The standard InChI is InChI=1S/C8H12N2OSe/c11-5-9-7-3-1-2-4-8(7)10-6-12/h5,7-8H,1-4H2,(H,9,11). The first-order chi connectivity index (χ1) is 5.88. The molecule has 0 saturated heterocycles. The second kappa shape index (κ2) is 5.26. The summed E-state index contributed by atoms with van der Waals surface area (Å²) in [7, 11) is 0. The minimum absolute atomic E-state index is 0.220. The number of aliphatic imine (C=N–C) groups is 1. The summed E-state index contributed by atoms with van der Waals surface area (Å²) in [5.74, 6) is 0. The molecule has 0 heterocycles. The van der Waals surface area contributed by atoms with Crippen LogP contribution in [0, 0.1) is 0 Å². The Morgan fingerprint density at radius 3 is 2.92 bits per heavy atom. The van der Waals surface area contributed by atoms with Gasteiger partial charge in [-0.1, -0.05) is 0 Å². The zero-order valence-corrected chi connectivity index (χ0v) is 8.54. The molecular formula is C8H12N2OSe. The van der Waals surface area contributed by atoms with Crippen molar-refractivity contribution >= 4 is 26.7 Å². The molecule has 0 spiro atoms. The Bertz CT molecular complexity index is 201. The number of carbonyl (C=O) groups is 1. The summed E-state index contributed by atoms with van der Waals surface area (Å²) in [6, 6.07) is 0.447. The van der Waals surface area contributed by atoms with E-state index < -0.39 is 0 Å². The Kier molecular flexibility index (Phi) is 4.23. The first-order valence-electron chi connectivity index (χ1n) is 4.15. The van der Waals surface area contributed by atoms with Crippen LogP contribution in [-0.4, -0.2) is 38.8 Å². The van der Waals surface area contributed by atoms with Crippen molar-refractivity contribution < 1.29 is 4.79 Å². The Labute approximate surface area is 80.0 Å². The summed E-state index contributed by atoms with van der Waals surface area (Å²) < 4.78 is 2.67. The van der Waals surface area contributed by atoms with E-state index in [0.29, 0.717) is 0 Å². The Balaban J connectivity index is 2.53. The average molecular weight is 231 g/mol. The molecule has 1 N–H and O–H groups in total. The van der Waals surface area contributed by atoms with Crippen LogP contribution in [0.4, 0.5) is 0 Å². The van der Waals surface area contributed by atoms with Gasteiger partial charge in [-0.2, -0.15) is 0 Å². The van der Waals surface area contributed by atoms with Gasteiger partial charge in [0.05, 0.1) is 0 Å². The summed E-state index contributed by atoms with van der Waals surface area (Å²) in [5, 5.41) is 2.79. The molecule has 1 rings (SSSR count). The van der Waals surface area contributed by atoms with E-state index >= 15 is 0 Å². The zero-order valence-electron chi connectivity index (χ0n) is 6.82. The van der Waals surface area contributed by atoms with Gasteiger partial charge in [0, 0.05) is 0 Å². The van der Waals surface area contributed by atoms with E-state index in [9.17, 15) is 4.79 Å². The van der Waals surface area contributed by atoms with E-state index in [-0.39, 0.29) is 12.1 Å². The molecule has 0 bridgehead atoms. The number of carbonyl (C=O) groups excluding carboxylic acids is 1. The molecule has 1 aliphatic carbocycles. The molecule has 2 unspecified atom stereocenters. The van der Waals surface area contributed by atoms with Gasteiger partial charge in [0.2, 0.25) is 0 Å². The van der Waals surface area contributed by atoms with Crippen LogP contribution in [0.5, 0.6) is 0 Å². The van der Waals surface area contributed by atoms with Crippen LogP contribution in [0.3, 0.4) is 0 Å². The van der Waals surface area contributed by atoms with Crippen molar-refractivity contribution in [3.8, 4) is 0 Å². The topological polar surface area (TPSA) is 41.5 Å². The van der Waals surface area contributed by atoms with E-state index in [2.05, 4.69) is 30.6 Å². The maximum atomic E-state index is 10.2. The number of rotatable bonds is 3. The SMILES string of the molecule is O=CNC1CCCCC1N=C=[Se]. The molecule has 66 valence electrons. The predicted molar refractivity (Wildman–Crippen MR) is 48.4 cm³/mol. The van der Waals surface area contributed by atoms with Crippen LogP contribution < -0.4 is 5.32 Å². The normalized spacial score (nSPS) is 28.7. The predicted octanol–water partition coefficient (Wildman–Crippen LogP) is 0.117. The van der Waals surface area contributed by atoms with E-state index in [1.807, 2.05) is 0 Å². The molecular weight excluding hydrogens is 219 g/mol. The molecule has 0 aromatic carbocycles. The van der Waals surface area contributed by atoms with Gasteiger partial charge in [0.15, 0.2) is 0 Å².